The standard InChI is InChI=1S/C7H9IN.C5H5.Fe/c1-9(2)7-5-3-4-6(7)8;1-2-4-5-3-1;/h3-5H,1-2H3;1-5H;/q2*-1;+2. The third kappa shape index (κ3) is 5.40. The Labute approximate surface area is 116 Å². The molecule has 0 radical (unpaired) electrons. The van der Waals surface area contributed by atoms with Gasteiger partial charge in [-0.2, -0.15) is 30.3 Å². The Balaban J connectivity index is 0.000000280. The van der Waals surface area contributed by atoms with Crippen molar-refractivity contribution in [2.24, 2.45) is 0 Å². The Kier molecular flexibility index (Phi) is 7.83. The van der Waals surface area contributed by atoms with Crippen LogP contribution in [0.25, 0.3) is 0 Å². The van der Waals surface area contributed by atoms with E-state index < -0.39 is 0 Å². The molecular weight excluding hydrogens is 341 g/mol. The van der Waals surface area contributed by atoms with Gasteiger partial charge >= 0.3 is 17.1 Å². The summed E-state index contributed by atoms with van der Waals surface area (Å²) in [6.07, 6.45) is 0. The summed E-state index contributed by atoms with van der Waals surface area (Å²) in [4.78, 5) is 2.11. The zero-order valence-corrected chi connectivity index (χ0v) is 12.1. The van der Waals surface area contributed by atoms with E-state index in [4.69, 9.17) is 0 Å². The van der Waals surface area contributed by atoms with Gasteiger partial charge < -0.3 is 4.90 Å². The number of nitrogens with zero attached hydrogens (tertiary/aromatic N) is 1. The molecule has 0 aliphatic heterocycles. The fourth-order valence-electron chi connectivity index (χ4n) is 1.07. The molecule has 3 heteroatoms. The van der Waals surface area contributed by atoms with Crippen molar-refractivity contribution in [1.82, 2.24) is 0 Å². The largest absolute Gasteiger partial charge is 2.00 e. The molecule has 0 amide bonds. The molecule has 2 aromatic rings. The molecule has 82 valence electrons. The Hall–Kier alpha value is -0.251. The predicted molar refractivity (Wildman–Crippen MR) is 71.1 cm³/mol. The Morgan fingerprint density at radius 1 is 1.20 bits per heavy atom. The molecule has 0 atom stereocenters. The van der Waals surface area contributed by atoms with Crippen LogP contribution in [-0.2, 0) is 17.1 Å². The number of rotatable bonds is 1. The summed E-state index contributed by atoms with van der Waals surface area (Å²) >= 11 is 2.33. The van der Waals surface area contributed by atoms with Crippen molar-refractivity contribution >= 4 is 28.3 Å². The summed E-state index contributed by atoms with van der Waals surface area (Å²) in [5.41, 5.74) is 1.30. The molecule has 15 heavy (non-hydrogen) atoms. The average molecular weight is 355 g/mol. The normalized spacial score (nSPS) is 8.47. The van der Waals surface area contributed by atoms with E-state index in [1.54, 1.807) is 0 Å². The second kappa shape index (κ2) is 7.97. The molecule has 0 saturated carbocycles. The molecule has 0 fully saturated rings. The molecule has 0 N–H and O–H groups in total. The SMILES string of the molecule is CN(C)c1ccc[c-]1I.[Fe+2].c1cc[cH-]c1. The quantitative estimate of drug-likeness (QED) is 0.430. The van der Waals surface area contributed by atoms with E-state index >= 15 is 0 Å². The van der Waals surface area contributed by atoms with Gasteiger partial charge in [-0.25, -0.2) is 18.2 Å². The second-order valence-corrected chi connectivity index (χ2v) is 4.28. The van der Waals surface area contributed by atoms with E-state index in [2.05, 4.69) is 59.8 Å². The van der Waals surface area contributed by atoms with Gasteiger partial charge in [0.1, 0.15) is 0 Å². The minimum Gasteiger partial charge on any atom is -0.399 e. The van der Waals surface area contributed by atoms with Gasteiger partial charge in [0.15, 0.2) is 0 Å². The van der Waals surface area contributed by atoms with E-state index in [1.807, 2.05) is 30.3 Å². The van der Waals surface area contributed by atoms with E-state index in [9.17, 15) is 0 Å². The summed E-state index contributed by atoms with van der Waals surface area (Å²) in [6, 6.07) is 16.3. The summed E-state index contributed by atoms with van der Waals surface area (Å²) in [5, 5.41) is 0. The van der Waals surface area contributed by atoms with Crippen molar-refractivity contribution in [3.63, 3.8) is 0 Å². The van der Waals surface area contributed by atoms with Crippen LogP contribution in [-0.4, -0.2) is 14.1 Å². The van der Waals surface area contributed by atoms with Gasteiger partial charge in [0.25, 0.3) is 0 Å². The average Bonchev–Trinajstić information content (AvgIpc) is 2.74. The van der Waals surface area contributed by atoms with Gasteiger partial charge in [-0.15, -0.1) is 22.6 Å². The minimum absolute atomic E-state index is 0. The van der Waals surface area contributed by atoms with Crippen molar-refractivity contribution in [2.75, 3.05) is 19.0 Å². The zero-order chi connectivity index (χ0) is 10.4. The first-order valence-corrected chi connectivity index (χ1v) is 5.55. The first kappa shape index (κ1) is 14.7. The first-order chi connectivity index (χ1) is 6.72. The number of hydrogen-bond acceptors (Lipinski definition) is 1. The van der Waals surface area contributed by atoms with Crippen LogP contribution in [0.15, 0.2) is 48.5 Å². The predicted octanol–water partition coefficient (Wildman–Crippen LogP) is 3.48. The van der Waals surface area contributed by atoms with Crippen LogP contribution in [0.5, 0.6) is 0 Å². The molecule has 0 aromatic heterocycles. The fraction of sp³-hybridized carbons (Fsp3) is 0.167. The molecule has 2 aromatic carbocycles. The molecular formula is C12H14FeIN. The van der Waals surface area contributed by atoms with Crippen LogP contribution in [0.2, 0.25) is 0 Å². The van der Waals surface area contributed by atoms with E-state index in [0.29, 0.717) is 0 Å². The molecule has 0 heterocycles. The van der Waals surface area contributed by atoms with Crippen LogP contribution >= 0.6 is 22.6 Å². The molecule has 0 spiro atoms. The maximum atomic E-state index is 2.33. The molecule has 0 aliphatic carbocycles. The number of hydrogen-bond donors (Lipinski definition) is 0. The maximum Gasteiger partial charge on any atom is 2.00 e. The van der Waals surface area contributed by atoms with Crippen molar-refractivity contribution in [3.05, 3.63) is 52.1 Å². The number of halogens is 1. The van der Waals surface area contributed by atoms with Crippen molar-refractivity contribution in [1.29, 1.82) is 0 Å². The second-order valence-electron chi connectivity index (χ2n) is 3.12. The number of anilines is 1. The van der Waals surface area contributed by atoms with E-state index in [0.717, 1.165) is 0 Å². The molecule has 0 unspecified atom stereocenters. The molecule has 0 bridgehead atoms. The van der Waals surface area contributed by atoms with Crippen LogP contribution in [0, 0.1) is 3.57 Å². The Bertz CT molecular complexity index is 321. The molecule has 1 nitrogen and oxygen atoms in total. The van der Waals surface area contributed by atoms with Gasteiger partial charge in [-0.1, -0.05) is 9.26 Å². The Morgan fingerprint density at radius 2 is 1.80 bits per heavy atom. The summed E-state index contributed by atoms with van der Waals surface area (Å²) < 4.78 is 1.32. The smallest absolute Gasteiger partial charge is 0.399 e. The Morgan fingerprint density at radius 3 is 2.00 bits per heavy atom. The first-order valence-electron chi connectivity index (χ1n) is 4.47. The fourth-order valence-corrected chi connectivity index (χ4v) is 1.94. The van der Waals surface area contributed by atoms with Crippen LogP contribution in [0.4, 0.5) is 5.69 Å². The van der Waals surface area contributed by atoms with Crippen LogP contribution in [0.3, 0.4) is 0 Å². The molecule has 2 rings (SSSR count). The third-order valence-electron chi connectivity index (χ3n) is 1.78. The monoisotopic (exact) mass is 355 g/mol. The summed E-state index contributed by atoms with van der Waals surface area (Å²) in [6.45, 7) is 0. The van der Waals surface area contributed by atoms with Gasteiger partial charge in [0.05, 0.1) is 0 Å². The summed E-state index contributed by atoms with van der Waals surface area (Å²) in [7, 11) is 4.11. The van der Waals surface area contributed by atoms with Crippen LogP contribution in [0.1, 0.15) is 0 Å². The van der Waals surface area contributed by atoms with Crippen molar-refractivity contribution < 1.29 is 17.1 Å². The van der Waals surface area contributed by atoms with Gasteiger partial charge in [-0.05, 0) is 0 Å². The van der Waals surface area contributed by atoms with Gasteiger partial charge in [0, 0.05) is 14.1 Å². The third-order valence-corrected chi connectivity index (χ3v) is 2.69. The topological polar surface area (TPSA) is 3.24 Å². The molecule has 0 saturated heterocycles. The van der Waals surface area contributed by atoms with Crippen molar-refractivity contribution in [3.8, 4) is 0 Å². The zero-order valence-electron chi connectivity index (χ0n) is 8.80. The van der Waals surface area contributed by atoms with Gasteiger partial charge in [0.2, 0.25) is 0 Å². The van der Waals surface area contributed by atoms with E-state index in [1.165, 1.54) is 9.26 Å². The maximum absolute atomic E-state index is 2.33. The molecule has 0 aliphatic rings. The minimum atomic E-state index is 0. The van der Waals surface area contributed by atoms with Gasteiger partial charge in [-0.3, -0.25) is 0 Å². The van der Waals surface area contributed by atoms with Crippen molar-refractivity contribution in [2.45, 2.75) is 0 Å². The van der Waals surface area contributed by atoms with E-state index in [-0.39, 0.29) is 17.1 Å². The van der Waals surface area contributed by atoms with Crippen LogP contribution < -0.4 is 4.90 Å². The summed E-state index contributed by atoms with van der Waals surface area (Å²) in [5.74, 6) is 0.